The predicted molar refractivity (Wildman–Crippen MR) is 109 cm³/mol. The molecule has 166 valence electrons. The molecule has 2 aromatic rings. The van der Waals surface area contributed by atoms with Gasteiger partial charge in [-0.25, -0.2) is 0 Å². The van der Waals surface area contributed by atoms with Crippen molar-refractivity contribution in [1.29, 1.82) is 0 Å². The number of amides is 1. The predicted octanol–water partition coefficient (Wildman–Crippen LogP) is 4.66. The van der Waals surface area contributed by atoms with Gasteiger partial charge in [0.1, 0.15) is 11.5 Å². The van der Waals surface area contributed by atoms with Gasteiger partial charge in [-0.15, -0.1) is 0 Å². The van der Waals surface area contributed by atoms with Crippen molar-refractivity contribution in [2.24, 2.45) is 5.10 Å². The van der Waals surface area contributed by atoms with E-state index in [-0.39, 0.29) is 21.5 Å². The normalized spacial score (nSPS) is 19.7. The molecule has 0 spiro atoms. The first-order chi connectivity index (χ1) is 14.5. The van der Waals surface area contributed by atoms with E-state index in [4.69, 9.17) is 32.7 Å². The third-order valence-corrected chi connectivity index (χ3v) is 5.15. The molecule has 1 amide bonds. The number of hydrogen-bond donors (Lipinski definition) is 1. The molecule has 2 atom stereocenters. The van der Waals surface area contributed by atoms with Gasteiger partial charge in [0.25, 0.3) is 11.6 Å². The number of rotatable bonds is 5. The van der Waals surface area contributed by atoms with Crippen molar-refractivity contribution in [1.82, 2.24) is 5.01 Å². The Morgan fingerprint density at radius 1 is 1.23 bits per heavy atom. The van der Waals surface area contributed by atoms with Crippen LogP contribution in [-0.2, 0) is 4.79 Å². The fourth-order valence-corrected chi connectivity index (χ4v) is 3.38. The highest BCUT2D eigenvalue weighted by atomic mass is 35.5. The molecule has 1 N–H and O–H groups in total. The van der Waals surface area contributed by atoms with Crippen molar-refractivity contribution in [3.63, 3.8) is 0 Å². The van der Waals surface area contributed by atoms with E-state index in [1.165, 1.54) is 56.5 Å². The zero-order valence-corrected chi connectivity index (χ0v) is 17.8. The van der Waals surface area contributed by atoms with Crippen LogP contribution in [0.4, 0.5) is 13.2 Å². The molecular formula is C20H17Cl2F3N2O4. The maximum atomic E-state index is 13.7. The Bertz CT molecular complexity index is 1010. The number of aliphatic hydroxyl groups is 1. The summed E-state index contributed by atoms with van der Waals surface area (Å²) in [5, 5.41) is 14.6. The molecule has 0 saturated heterocycles. The van der Waals surface area contributed by atoms with E-state index in [2.05, 4.69) is 5.10 Å². The van der Waals surface area contributed by atoms with Crippen molar-refractivity contribution in [2.75, 3.05) is 7.11 Å². The van der Waals surface area contributed by atoms with Gasteiger partial charge in [-0.2, -0.15) is 23.3 Å². The second-order valence-electron chi connectivity index (χ2n) is 6.75. The summed E-state index contributed by atoms with van der Waals surface area (Å²) in [5.74, 6) is -0.668. The Balaban J connectivity index is 1.91. The first-order valence-corrected chi connectivity index (χ1v) is 9.68. The number of benzene rings is 2. The Labute approximate surface area is 185 Å². The lowest BCUT2D eigenvalue weighted by Crippen LogP contribution is -2.58. The minimum Gasteiger partial charge on any atom is -0.497 e. The molecule has 0 fully saturated rings. The third kappa shape index (κ3) is 4.58. The lowest BCUT2D eigenvalue weighted by Gasteiger charge is -2.33. The summed E-state index contributed by atoms with van der Waals surface area (Å²) in [6, 6.07) is 10.2. The van der Waals surface area contributed by atoms with E-state index in [0.717, 1.165) is 0 Å². The minimum atomic E-state index is -5.17. The van der Waals surface area contributed by atoms with Crippen molar-refractivity contribution >= 4 is 34.8 Å². The first-order valence-electron chi connectivity index (χ1n) is 8.93. The van der Waals surface area contributed by atoms with Crippen LogP contribution in [0.15, 0.2) is 47.6 Å². The Kier molecular flexibility index (Phi) is 6.40. The van der Waals surface area contributed by atoms with Gasteiger partial charge in [0.15, 0.2) is 6.10 Å². The Morgan fingerprint density at radius 3 is 2.42 bits per heavy atom. The molecule has 0 radical (unpaired) electrons. The van der Waals surface area contributed by atoms with Crippen LogP contribution in [-0.4, -0.2) is 46.8 Å². The molecule has 1 heterocycles. The second-order valence-corrected chi connectivity index (χ2v) is 7.59. The van der Waals surface area contributed by atoms with Crippen molar-refractivity contribution in [3.8, 4) is 11.5 Å². The van der Waals surface area contributed by atoms with Gasteiger partial charge >= 0.3 is 6.18 Å². The number of methoxy groups -OCH3 is 1. The molecule has 11 heteroatoms. The molecule has 2 aromatic carbocycles. The van der Waals surface area contributed by atoms with Crippen LogP contribution in [0, 0.1) is 0 Å². The highest BCUT2D eigenvalue weighted by molar-refractivity contribution is 6.35. The summed E-state index contributed by atoms with van der Waals surface area (Å²) in [4.78, 5) is 12.8. The van der Waals surface area contributed by atoms with Crippen LogP contribution < -0.4 is 9.47 Å². The van der Waals surface area contributed by atoms with Crippen LogP contribution in [0.25, 0.3) is 0 Å². The molecule has 0 saturated carbocycles. The highest BCUT2D eigenvalue weighted by Crippen LogP contribution is 2.42. The number of alkyl halides is 3. The standard InChI is InChI=1S/C20H17Cl2F3N2O4/c1-11(31-17-8-5-13(21)9-15(17)22)18(28)27-19(29,20(23,24)25)10-16(26-27)12-3-6-14(30-2)7-4-12/h3-9,11,29H,10H2,1-2H3. The van der Waals surface area contributed by atoms with Gasteiger partial charge in [0, 0.05) is 5.02 Å². The van der Waals surface area contributed by atoms with Gasteiger partial charge in [-0.1, -0.05) is 23.2 Å². The van der Waals surface area contributed by atoms with Crippen molar-refractivity contribution in [3.05, 3.63) is 58.1 Å². The van der Waals surface area contributed by atoms with Crippen molar-refractivity contribution < 1.29 is 32.5 Å². The van der Waals surface area contributed by atoms with Crippen LogP contribution in [0.5, 0.6) is 11.5 Å². The second kappa shape index (κ2) is 8.57. The SMILES string of the molecule is COc1ccc(C2=NN(C(=O)C(C)Oc3ccc(Cl)cc3Cl)C(O)(C(F)(F)F)C2)cc1. The number of carbonyl (C=O) groups excluding carboxylic acids is 1. The summed E-state index contributed by atoms with van der Waals surface area (Å²) in [6.45, 7) is 1.23. The van der Waals surface area contributed by atoms with Gasteiger partial charge < -0.3 is 14.6 Å². The first kappa shape index (κ1) is 23.2. The molecule has 0 bridgehead atoms. The van der Waals surface area contributed by atoms with Gasteiger partial charge in [0.05, 0.1) is 24.3 Å². The molecule has 1 aliphatic heterocycles. The molecule has 0 aromatic heterocycles. The molecular weight excluding hydrogens is 460 g/mol. The van der Waals surface area contributed by atoms with E-state index in [9.17, 15) is 23.1 Å². The van der Waals surface area contributed by atoms with Crippen molar-refractivity contribution in [2.45, 2.75) is 31.3 Å². The van der Waals surface area contributed by atoms with Crippen LogP contribution in [0.1, 0.15) is 18.9 Å². The summed E-state index contributed by atoms with van der Waals surface area (Å²) >= 11 is 11.8. The number of hydrogen-bond acceptors (Lipinski definition) is 5. The fourth-order valence-electron chi connectivity index (χ4n) is 2.93. The quantitative estimate of drug-likeness (QED) is 0.681. The maximum Gasteiger partial charge on any atom is 0.438 e. The average molecular weight is 477 g/mol. The monoisotopic (exact) mass is 476 g/mol. The smallest absolute Gasteiger partial charge is 0.438 e. The highest BCUT2D eigenvalue weighted by Gasteiger charge is 2.63. The zero-order valence-electron chi connectivity index (χ0n) is 16.3. The van der Waals surface area contributed by atoms with E-state index in [1.807, 2.05) is 0 Å². The fraction of sp³-hybridized carbons (Fsp3) is 0.300. The maximum absolute atomic E-state index is 13.7. The van der Waals surface area contributed by atoms with Gasteiger partial charge in [0.2, 0.25) is 0 Å². The molecule has 0 aliphatic carbocycles. The Hall–Kier alpha value is -2.49. The van der Waals surface area contributed by atoms with Crippen LogP contribution in [0.3, 0.4) is 0 Å². The summed E-state index contributed by atoms with van der Waals surface area (Å²) < 4.78 is 51.7. The lowest BCUT2D eigenvalue weighted by atomic mass is 10.0. The van der Waals surface area contributed by atoms with Crippen LogP contribution in [0.2, 0.25) is 10.0 Å². The third-order valence-electron chi connectivity index (χ3n) is 4.62. The minimum absolute atomic E-state index is 0.0149. The molecule has 31 heavy (non-hydrogen) atoms. The largest absolute Gasteiger partial charge is 0.497 e. The molecule has 6 nitrogen and oxygen atoms in total. The summed E-state index contributed by atoms with van der Waals surface area (Å²) in [5.41, 5.74) is -3.35. The molecule has 2 unspecified atom stereocenters. The van der Waals surface area contributed by atoms with E-state index in [1.54, 1.807) is 0 Å². The Morgan fingerprint density at radius 2 is 1.87 bits per heavy atom. The van der Waals surface area contributed by atoms with E-state index >= 15 is 0 Å². The number of carbonyl (C=O) groups is 1. The molecule has 1 aliphatic rings. The number of ether oxygens (including phenoxy) is 2. The summed E-state index contributed by atoms with van der Waals surface area (Å²) in [7, 11) is 1.44. The van der Waals surface area contributed by atoms with Gasteiger partial charge in [-0.05, 0) is 55.0 Å². The number of nitrogens with zero attached hydrogens (tertiary/aromatic N) is 2. The van der Waals surface area contributed by atoms with E-state index in [0.29, 0.717) is 16.3 Å². The topological polar surface area (TPSA) is 71.4 Å². The number of hydrazone groups is 1. The lowest BCUT2D eigenvalue weighted by molar-refractivity contribution is -0.303. The van der Waals surface area contributed by atoms with E-state index < -0.39 is 30.3 Å². The van der Waals surface area contributed by atoms with Crippen LogP contribution >= 0.6 is 23.2 Å². The zero-order chi connectivity index (χ0) is 23.0. The number of halogens is 5. The summed E-state index contributed by atoms with van der Waals surface area (Å²) in [6.07, 6.45) is -7.55. The average Bonchev–Trinajstić information content (AvgIpc) is 3.08. The molecule has 3 rings (SSSR count). The van der Waals surface area contributed by atoms with Gasteiger partial charge in [-0.3, -0.25) is 4.79 Å².